The van der Waals surface area contributed by atoms with E-state index in [0.29, 0.717) is 6.54 Å². The molecule has 0 spiro atoms. The van der Waals surface area contributed by atoms with Gasteiger partial charge in [0.1, 0.15) is 23.5 Å². The Balaban J connectivity index is 1.23. The van der Waals surface area contributed by atoms with Crippen LogP contribution in [0.2, 0.25) is 0 Å². The summed E-state index contributed by atoms with van der Waals surface area (Å²) in [7, 11) is 0. The number of halogens is 3. The number of benzene rings is 1. The number of fused-ring (bicyclic) bond motifs is 2. The maximum atomic E-state index is 13.0. The molecule has 0 aliphatic carbocycles. The van der Waals surface area contributed by atoms with Crippen molar-refractivity contribution in [2.75, 3.05) is 19.6 Å². The molecule has 5 rings (SSSR count). The van der Waals surface area contributed by atoms with Gasteiger partial charge in [-0.2, -0.15) is 13.2 Å². The van der Waals surface area contributed by atoms with Gasteiger partial charge in [0.2, 0.25) is 0 Å². The SMILES string of the molecule is CC1(C)O[C@H](CNC(=O)c2cn3cc(C(F)(F)F)ccc3n2)[C@@H](CN2CCc3ccccc3C2)O1. The highest BCUT2D eigenvalue weighted by Crippen LogP contribution is 2.31. The smallest absolute Gasteiger partial charge is 0.348 e. The maximum absolute atomic E-state index is 13.0. The van der Waals surface area contributed by atoms with E-state index in [0.717, 1.165) is 31.8 Å². The Labute approximate surface area is 200 Å². The van der Waals surface area contributed by atoms with E-state index in [-0.39, 0.29) is 30.1 Å². The quantitative estimate of drug-likeness (QED) is 0.594. The summed E-state index contributed by atoms with van der Waals surface area (Å²) in [5, 5.41) is 2.81. The van der Waals surface area contributed by atoms with Gasteiger partial charge >= 0.3 is 6.18 Å². The first-order valence-corrected chi connectivity index (χ1v) is 11.6. The van der Waals surface area contributed by atoms with E-state index < -0.39 is 23.4 Å². The van der Waals surface area contributed by atoms with E-state index >= 15 is 0 Å². The molecule has 0 unspecified atom stereocenters. The fraction of sp³-hybridized carbons (Fsp3) is 0.440. The Kier molecular flexibility index (Phi) is 6.06. The van der Waals surface area contributed by atoms with Gasteiger partial charge in [0, 0.05) is 38.6 Å². The average molecular weight is 489 g/mol. The zero-order valence-corrected chi connectivity index (χ0v) is 19.5. The number of hydrogen-bond acceptors (Lipinski definition) is 5. The Morgan fingerprint density at radius 1 is 1.11 bits per heavy atom. The molecule has 1 aromatic carbocycles. The minimum atomic E-state index is -4.47. The molecule has 1 amide bonds. The summed E-state index contributed by atoms with van der Waals surface area (Å²) in [6.07, 6.45) is -1.91. The highest BCUT2D eigenvalue weighted by molar-refractivity contribution is 5.92. The maximum Gasteiger partial charge on any atom is 0.417 e. The van der Waals surface area contributed by atoms with E-state index in [9.17, 15) is 18.0 Å². The first-order valence-electron chi connectivity index (χ1n) is 11.6. The monoisotopic (exact) mass is 488 g/mol. The molecule has 2 aliphatic heterocycles. The predicted molar refractivity (Wildman–Crippen MR) is 122 cm³/mol. The molecule has 7 nitrogen and oxygen atoms in total. The molecule has 0 bridgehead atoms. The van der Waals surface area contributed by atoms with Gasteiger partial charge < -0.3 is 19.2 Å². The summed E-state index contributed by atoms with van der Waals surface area (Å²) >= 11 is 0. The summed E-state index contributed by atoms with van der Waals surface area (Å²) < 4.78 is 52.3. The van der Waals surface area contributed by atoms with Crippen LogP contribution in [-0.4, -0.2) is 57.8 Å². The van der Waals surface area contributed by atoms with Crippen molar-refractivity contribution in [1.82, 2.24) is 19.6 Å². The Morgan fingerprint density at radius 2 is 1.86 bits per heavy atom. The van der Waals surface area contributed by atoms with Crippen LogP contribution in [0.15, 0.2) is 48.8 Å². The highest BCUT2D eigenvalue weighted by atomic mass is 19.4. The lowest BCUT2D eigenvalue weighted by atomic mass is 9.99. The third kappa shape index (κ3) is 5.19. The van der Waals surface area contributed by atoms with E-state index in [2.05, 4.69) is 33.4 Å². The van der Waals surface area contributed by atoms with Crippen LogP contribution in [0.4, 0.5) is 13.2 Å². The van der Waals surface area contributed by atoms with Gasteiger partial charge in [-0.1, -0.05) is 24.3 Å². The van der Waals surface area contributed by atoms with E-state index in [1.54, 1.807) is 0 Å². The normalized spacial score (nSPS) is 22.3. The molecule has 1 saturated heterocycles. The number of aromatic nitrogens is 2. The van der Waals surface area contributed by atoms with Crippen molar-refractivity contribution in [2.45, 2.75) is 51.0 Å². The lowest BCUT2D eigenvalue weighted by molar-refractivity contribution is -0.147. The van der Waals surface area contributed by atoms with Crippen LogP contribution in [0.1, 0.15) is 41.0 Å². The average Bonchev–Trinajstić information content (AvgIpc) is 3.36. The minimum Gasteiger partial charge on any atom is -0.348 e. The van der Waals surface area contributed by atoms with Crippen molar-refractivity contribution < 1.29 is 27.4 Å². The minimum absolute atomic E-state index is 0.0340. The predicted octanol–water partition coefficient (Wildman–Crippen LogP) is 3.66. The molecule has 1 fully saturated rings. The second kappa shape index (κ2) is 8.92. The molecule has 0 radical (unpaired) electrons. The van der Waals surface area contributed by atoms with Gasteiger partial charge in [0.15, 0.2) is 5.79 Å². The molecule has 4 heterocycles. The molecule has 3 aromatic rings. The highest BCUT2D eigenvalue weighted by Gasteiger charge is 2.42. The zero-order valence-electron chi connectivity index (χ0n) is 19.5. The molecule has 1 N–H and O–H groups in total. The second-order valence-electron chi connectivity index (χ2n) is 9.48. The van der Waals surface area contributed by atoms with Gasteiger partial charge in [0.05, 0.1) is 5.56 Å². The molecule has 10 heteroatoms. The summed E-state index contributed by atoms with van der Waals surface area (Å²) in [6.45, 7) is 6.28. The van der Waals surface area contributed by atoms with Gasteiger partial charge in [-0.05, 0) is 43.5 Å². The Morgan fingerprint density at radius 3 is 2.63 bits per heavy atom. The van der Waals surface area contributed by atoms with Crippen molar-refractivity contribution in [3.63, 3.8) is 0 Å². The van der Waals surface area contributed by atoms with E-state index in [4.69, 9.17) is 9.47 Å². The summed E-state index contributed by atoms with van der Waals surface area (Å²) in [4.78, 5) is 19.2. The van der Waals surface area contributed by atoms with Gasteiger partial charge in [-0.15, -0.1) is 0 Å². The summed E-state index contributed by atoms with van der Waals surface area (Å²) in [6, 6.07) is 10.6. The van der Waals surface area contributed by atoms with Crippen molar-refractivity contribution >= 4 is 11.6 Å². The zero-order chi connectivity index (χ0) is 24.8. The number of ether oxygens (including phenoxy) is 2. The van der Waals surface area contributed by atoms with Gasteiger partial charge in [-0.25, -0.2) is 4.98 Å². The number of amides is 1. The van der Waals surface area contributed by atoms with Gasteiger partial charge in [-0.3, -0.25) is 9.69 Å². The first kappa shape index (κ1) is 23.8. The fourth-order valence-electron chi connectivity index (χ4n) is 4.75. The van der Waals surface area contributed by atoms with Gasteiger partial charge in [0.25, 0.3) is 5.91 Å². The van der Waals surface area contributed by atoms with Crippen LogP contribution in [0.3, 0.4) is 0 Å². The van der Waals surface area contributed by atoms with E-state index in [1.165, 1.54) is 27.8 Å². The van der Waals surface area contributed by atoms with Crippen LogP contribution in [-0.2, 0) is 28.6 Å². The number of hydrogen-bond donors (Lipinski definition) is 1. The van der Waals surface area contributed by atoms with Crippen LogP contribution < -0.4 is 5.32 Å². The van der Waals surface area contributed by atoms with Crippen LogP contribution in [0, 0.1) is 0 Å². The summed E-state index contributed by atoms with van der Waals surface area (Å²) in [5.41, 5.74) is 2.16. The molecule has 2 aromatic heterocycles. The second-order valence-corrected chi connectivity index (χ2v) is 9.48. The largest absolute Gasteiger partial charge is 0.417 e. The lowest BCUT2D eigenvalue weighted by Gasteiger charge is -2.31. The number of alkyl halides is 3. The van der Waals surface area contributed by atoms with Crippen LogP contribution >= 0.6 is 0 Å². The Bertz CT molecular complexity index is 1240. The summed E-state index contributed by atoms with van der Waals surface area (Å²) in [5.74, 6) is -1.27. The number of imidazole rings is 1. The number of nitrogens with zero attached hydrogens (tertiary/aromatic N) is 3. The van der Waals surface area contributed by atoms with Crippen molar-refractivity contribution in [1.29, 1.82) is 0 Å². The van der Waals surface area contributed by atoms with Crippen molar-refractivity contribution in [3.8, 4) is 0 Å². The molecule has 0 saturated carbocycles. The third-order valence-electron chi connectivity index (χ3n) is 6.41. The molecular formula is C25H27F3N4O3. The number of carbonyl (C=O) groups excluding carboxylic acids is 1. The van der Waals surface area contributed by atoms with Crippen molar-refractivity contribution in [3.05, 3.63) is 71.2 Å². The standard InChI is InChI=1S/C25H27F3N4O3/c1-24(2)34-20(21(35-24)15-31-10-9-16-5-3-4-6-17(16)12-31)11-29-23(33)19-14-32-13-18(25(26,27)28)7-8-22(32)30-19/h3-8,13-14,20-21H,9-12,15H2,1-2H3,(H,29,33)/t20-,21-/m1/s1. The van der Waals surface area contributed by atoms with Crippen molar-refractivity contribution in [2.24, 2.45) is 0 Å². The molecule has 2 atom stereocenters. The number of carbonyl (C=O) groups is 1. The molecular weight excluding hydrogens is 461 g/mol. The Hall–Kier alpha value is -2.95. The molecule has 35 heavy (non-hydrogen) atoms. The fourth-order valence-corrected chi connectivity index (χ4v) is 4.75. The lowest BCUT2D eigenvalue weighted by Crippen LogP contribution is -2.44. The molecule has 2 aliphatic rings. The number of pyridine rings is 1. The molecule has 186 valence electrons. The number of rotatable bonds is 5. The van der Waals surface area contributed by atoms with E-state index in [1.807, 2.05) is 19.9 Å². The topological polar surface area (TPSA) is 68.1 Å². The third-order valence-corrected chi connectivity index (χ3v) is 6.41. The van der Waals surface area contributed by atoms with Crippen LogP contribution in [0.5, 0.6) is 0 Å². The number of nitrogens with one attached hydrogen (secondary N) is 1. The van der Waals surface area contributed by atoms with Crippen LogP contribution in [0.25, 0.3) is 5.65 Å². The first-order chi connectivity index (χ1) is 16.6.